The minimum Gasteiger partial charge on any atom is -0.343 e. The maximum absolute atomic E-state index is 13.0. The largest absolute Gasteiger partial charge is 0.343 e. The van der Waals surface area contributed by atoms with Crippen molar-refractivity contribution in [1.82, 2.24) is 9.21 Å². The second kappa shape index (κ2) is 7.54. The van der Waals surface area contributed by atoms with Crippen LogP contribution in [-0.2, 0) is 14.8 Å². The average Bonchev–Trinajstić information content (AvgIpc) is 3.05. The lowest BCUT2D eigenvalue weighted by molar-refractivity contribution is -0.127. The zero-order chi connectivity index (χ0) is 17.9. The van der Waals surface area contributed by atoms with Gasteiger partial charge in [0.1, 0.15) is 0 Å². The van der Waals surface area contributed by atoms with E-state index in [4.69, 9.17) is 5.26 Å². The zero-order valence-corrected chi connectivity index (χ0v) is 15.0. The molecule has 6 nitrogen and oxygen atoms in total. The van der Waals surface area contributed by atoms with E-state index in [9.17, 15) is 13.2 Å². The van der Waals surface area contributed by atoms with E-state index < -0.39 is 10.0 Å². The molecule has 7 heteroatoms. The molecular weight excluding hydrogens is 338 g/mol. The molecule has 0 spiro atoms. The molecule has 1 aromatic rings. The van der Waals surface area contributed by atoms with Crippen LogP contribution in [0.5, 0.6) is 0 Å². The minimum absolute atomic E-state index is 0.0669. The van der Waals surface area contributed by atoms with Crippen LogP contribution in [0, 0.1) is 11.3 Å². The van der Waals surface area contributed by atoms with Crippen molar-refractivity contribution >= 4 is 15.9 Å². The molecule has 0 radical (unpaired) electrons. The number of hydrogen-bond acceptors (Lipinski definition) is 4. The van der Waals surface area contributed by atoms with Crippen molar-refractivity contribution in [3.8, 4) is 6.07 Å². The number of carbonyl (C=O) groups is 1. The Balaban J connectivity index is 1.74. The molecule has 1 aromatic carbocycles. The Bertz CT molecular complexity index is 768. The second-order valence-electron chi connectivity index (χ2n) is 6.67. The van der Waals surface area contributed by atoms with Crippen molar-refractivity contribution in [3.05, 3.63) is 29.8 Å². The van der Waals surface area contributed by atoms with Crippen LogP contribution in [0.15, 0.2) is 29.2 Å². The van der Waals surface area contributed by atoms with Crippen LogP contribution in [-0.4, -0.2) is 49.2 Å². The molecule has 0 bridgehead atoms. The van der Waals surface area contributed by atoms with E-state index in [-0.39, 0.29) is 16.8 Å². The van der Waals surface area contributed by atoms with Crippen LogP contribution in [0.1, 0.15) is 44.1 Å². The van der Waals surface area contributed by atoms with Gasteiger partial charge in [-0.25, -0.2) is 8.42 Å². The Morgan fingerprint density at radius 1 is 1.12 bits per heavy atom. The highest BCUT2D eigenvalue weighted by atomic mass is 32.2. The summed E-state index contributed by atoms with van der Waals surface area (Å²) in [5.41, 5.74) is 0.446. The molecule has 3 rings (SSSR count). The van der Waals surface area contributed by atoms with Gasteiger partial charge >= 0.3 is 0 Å². The predicted octanol–water partition coefficient (Wildman–Crippen LogP) is 2.11. The van der Waals surface area contributed by atoms with Crippen LogP contribution in [0.3, 0.4) is 0 Å². The van der Waals surface area contributed by atoms with Crippen LogP contribution in [0.25, 0.3) is 0 Å². The average molecular weight is 361 g/mol. The van der Waals surface area contributed by atoms with Crippen molar-refractivity contribution in [2.75, 3.05) is 19.6 Å². The SMILES string of the molecule is N#Cc1ccc(S(=O)(=O)N2CCCCC2CCN2CCCC2=O)cc1. The van der Waals surface area contributed by atoms with Crippen LogP contribution in [0.4, 0.5) is 0 Å². The third-order valence-electron chi connectivity index (χ3n) is 5.07. The van der Waals surface area contributed by atoms with Gasteiger partial charge in [-0.3, -0.25) is 4.79 Å². The summed E-state index contributed by atoms with van der Waals surface area (Å²) in [5.74, 6) is 0.178. The number of sulfonamides is 1. The lowest BCUT2D eigenvalue weighted by atomic mass is 10.0. The van der Waals surface area contributed by atoms with Gasteiger partial charge in [0.05, 0.1) is 16.5 Å². The summed E-state index contributed by atoms with van der Waals surface area (Å²) in [6.07, 6.45) is 4.89. The summed E-state index contributed by atoms with van der Waals surface area (Å²) < 4.78 is 27.6. The molecule has 2 heterocycles. The normalized spacial score (nSPS) is 22.1. The van der Waals surface area contributed by atoms with Gasteiger partial charge in [-0.1, -0.05) is 6.42 Å². The first-order valence-corrected chi connectivity index (χ1v) is 10.3. The topological polar surface area (TPSA) is 81.5 Å². The number of amides is 1. The first-order chi connectivity index (χ1) is 12.0. The summed E-state index contributed by atoms with van der Waals surface area (Å²) in [4.78, 5) is 13.9. The molecule has 2 fully saturated rings. The third kappa shape index (κ3) is 3.86. The van der Waals surface area contributed by atoms with Crippen molar-refractivity contribution in [2.24, 2.45) is 0 Å². The maximum Gasteiger partial charge on any atom is 0.243 e. The van der Waals surface area contributed by atoms with Gasteiger partial charge in [0.2, 0.25) is 15.9 Å². The van der Waals surface area contributed by atoms with E-state index in [1.807, 2.05) is 11.0 Å². The molecule has 0 saturated carbocycles. The Morgan fingerprint density at radius 2 is 1.88 bits per heavy atom. The quantitative estimate of drug-likeness (QED) is 0.804. The number of likely N-dealkylation sites (tertiary alicyclic amines) is 1. The summed E-state index contributed by atoms with van der Waals surface area (Å²) in [6, 6.07) is 8.02. The number of piperidine rings is 1. The highest BCUT2D eigenvalue weighted by molar-refractivity contribution is 7.89. The van der Waals surface area contributed by atoms with Gasteiger partial charge in [-0.2, -0.15) is 9.57 Å². The molecule has 1 amide bonds. The lowest BCUT2D eigenvalue weighted by Gasteiger charge is -2.35. The van der Waals surface area contributed by atoms with Crippen molar-refractivity contribution in [1.29, 1.82) is 5.26 Å². The van der Waals surface area contributed by atoms with Crippen molar-refractivity contribution in [2.45, 2.75) is 49.5 Å². The summed E-state index contributed by atoms with van der Waals surface area (Å²) in [7, 11) is -3.57. The molecule has 2 aliphatic rings. The van der Waals surface area contributed by atoms with Gasteiger partial charge < -0.3 is 4.90 Å². The first kappa shape index (κ1) is 17.9. The number of nitriles is 1. The van der Waals surface area contributed by atoms with Crippen molar-refractivity contribution < 1.29 is 13.2 Å². The van der Waals surface area contributed by atoms with Gasteiger partial charge in [0, 0.05) is 32.1 Å². The van der Waals surface area contributed by atoms with E-state index >= 15 is 0 Å². The fourth-order valence-corrected chi connectivity index (χ4v) is 5.38. The molecule has 1 atom stereocenters. The number of nitrogens with zero attached hydrogens (tertiary/aromatic N) is 3. The summed E-state index contributed by atoms with van der Waals surface area (Å²) in [5, 5.41) is 8.88. The molecule has 0 aliphatic carbocycles. The van der Waals surface area contributed by atoms with Crippen LogP contribution in [0.2, 0.25) is 0 Å². The number of rotatable bonds is 5. The number of hydrogen-bond donors (Lipinski definition) is 0. The predicted molar refractivity (Wildman–Crippen MR) is 93.1 cm³/mol. The highest BCUT2D eigenvalue weighted by Crippen LogP contribution is 2.28. The van der Waals surface area contributed by atoms with Gasteiger partial charge in [-0.05, 0) is 49.9 Å². The highest BCUT2D eigenvalue weighted by Gasteiger charge is 2.34. The standard InChI is InChI=1S/C18H23N3O3S/c19-14-15-6-8-17(9-7-15)25(23,24)21-12-2-1-4-16(21)10-13-20-11-3-5-18(20)22/h6-9,16H,1-5,10-13H2. The number of benzene rings is 1. The van der Waals surface area contributed by atoms with E-state index in [0.29, 0.717) is 31.5 Å². The molecule has 2 aliphatic heterocycles. The van der Waals surface area contributed by atoms with E-state index in [0.717, 1.165) is 32.2 Å². The monoisotopic (exact) mass is 361 g/mol. The summed E-state index contributed by atoms with van der Waals surface area (Å²) in [6.45, 7) is 1.93. The molecule has 134 valence electrons. The van der Waals surface area contributed by atoms with Gasteiger partial charge in [0.15, 0.2) is 0 Å². The second-order valence-corrected chi connectivity index (χ2v) is 8.57. The van der Waals surface area contributed by atoms with Gasteiger partial charge in [0.25, 0.3) is 0 Å². The van der Waals surface area contributed by atoms with Crippen LogP contribution >= 0.6 is 0 Å². The van der Waals surface area contributed by atoms with Crippen LogP contribution < -0.4 is 0 Å². The molecular formula is C18H23N3O3S. The summed E-state index contributed by atoms with van der Waals surface area (Å²) >= 11 is 0. The van der Waals surface area contributed by atoms with E-state index in [1.165, 1.54) is 24.3 Å². The Labute approximate surface area is 149 Å². The van der Waals surface area contributed by atoms with Gasteiger partial charge in [-0.15, -0.1) is 0 Å². The smallest absolute Gasteiger partial charge is 0.243 e. The van der Waals surface area contributed by atoms with E-state index in [2.05, 4.69) is 0 Å². The molecule has 1 unspecified atom stereocenters. The van der Waals surface area contributed by atoms with E-state index in [1.54, 1.807) is 4.31 Å². The van der Waals surface area contributed by atoms with Crippen molar-refractivity contribution in [3.63, 3.8) is 0 Å². The lowest BCUT2D eigenvalue weighted by Crippen LogP contribution is -2.45. The third-order valence-corrected chi connectivity index (χ3v) is 7.03. The Kier molecular flexibility index (Phi) is 5.40. The molecule has 25 heavy (non-hydrogen) atoms. The molecule has 0 aromatic heterocycles. The minimum atomic E-state index is -3.57. The Hall–Kier alpha value is -1.91. The molecule has 0 N–H and O–H groups in total. The maximum atomic E-state index is 13.0. The number of carbonyl (C=O) groups excluding carboxylic acids is 1. The first-order valence-electron chi connectivity index (χ1n) is 8.82. The molecule has 2 saturated heterocycles. The fraction of sp³-hybridized carbons (Fsp3) is 0.556. The zero-order valence-electron chi connectivity index (χ0n) is 14.2. The Morgan fingerprint density at radius 3 is 2.52 bits per heavy atom. The fourth-order valence-electron chi connectivity index (χ4n) is 3.66.